The van der Waals surface area contributed by atoms with E-state index >= 15 is 0 Å². The summed E-state index contributed by atoms with van der Waals surface area (Å²) < 4.78 is 22.6. The third-order valence-electron chi connectivity index (χ3n) is 8.01. The van der Waals surface area contributed by atoms with E-state index < -0.39 is 0 Å². The predicted octanol–water partition coefficient (Wildman–Crippen LogP) is 5.84. The minimum Gasteiger partial charge on any atom is -0.497 e. The van der Waals surface area contributed by atoms with E-state index in [0.29, 0.717) is 42.1 Å². The molecule has 4 aromatic rings. The fraction of sp³-hybridized carbons (Fsp3) is 0.324. The molecule has 11 heteroatoms. The van der Waals surface area contributed by atoms with Crippen molar-refractivity contribution in [1.29, 1.82) is 0 Å². The maximum atomic E-state index is 14.4. The zero-order valence-corrected chi connectivity index (χ0v) is 26.1. The van der Waals surface area contributed by atoms with Crippen LogP contribution in [0, 0.1) is 13.8 Å². The van der Waals surface area contributed by atoms with Gasteiger partial charge < -0.3 is 24.3 Å². The zero-order chi connectivity index (χ0) is 31.3. The molecule has 0 radical (unpaired) electrons. The van der Waals surface area contributed by atoms with Gasteiger partial charge in [0.05, 0.1) is 45.4 Å². The highest BCUT2D eigenvalue weighted by atomic mass is 16.5. The lowest BCUT2D eigenvalue weighted by Gasteiger charge is -2.37. The molecule has 11 nitrogen and oxygen atoms in total. The zero-order valence-electron chi connectivity index (χ0n) is 26.1. The quantitative estimate of drug-likeness (QED) is 0.237. The number of nitrogens with zero attached hydrogens (tertiary/aromatic N) is 5. The molecule has 6 rings (SSSR count). The lowest BCUT2D eigenvalue weighted by atomic mass is 10.1. The molecule has 1 saturated heterocycles. The molecule has 0 spiro atoms. The summed E-state index contributed by atoms with van der Waals surface area (Å²) in [5.41, 5.74) is 4.96. The molecule has 0 saturated carbocycles. The van der Waals surface area contributed by atoms with E-state index in [4.69, 9.17) is 23.9 Å². The highest BCUT2D eigenvalue weighted by Gasteiger charge is 2.37. The average molecular weight is 611 g/mol. The molecule has 1 N–H and O–H groups in total. The second-order valence-corrected chi connectivity index (χ2v) is 11.0. The number of hydrogen-bond donors (Lipinski definition) is 1. The fourth-order valence-electron chi connectivity index (χ4n) is 5.72. The van der Waals surface area contributed by atoms with Crippen molar-refractivity contribution in [2.45, 2.75) is 20.4 Å². The van der Waals surface area contributed by atoms with Gasteiger partial charge in [-0.05, 0) is 49.2 Å². The Balaban J connectivity index is 1.31. The Hall–Kier alpha value is -4.87. The average Bonchev–Trinajstić information content (AvgIpc) is 3.05. The Labute approximate surface area is 263 Å². The number of nitrogens with one attached hydrogen (secondary N) is 1. The maximum absolute atomic E-state index is 14.4. The van der Waals surface area contributed by atoms with E-state index in [1.54, 1.807) is 48.4 Å². The van der Waals surface area contributed by atoms with Crippen LogP contribution >= 0.6 is 0 Å². The summed E-state index contributed by atoms with van der Waals surface area (Å²) in [6.07, 6.45) is 1.77. The first kappa shape index (κ1) is 30.2. The monoisotopic (exact) mass is 610 g/mol. The topological polar surface area (TPSA) is 102 Å². The number of amides is 2. The van der Waals surface area contributed by atoms with Gasteiger partial charge in [0.1, 0.15) is 23.9 Å². The van der Waals surface area contributed by atoms with Crippen molar-refractivity contribution in [3.63, 3.8) is 0 Å². The number of ether oxygens (including phenoxy) is 4. The van der Waals surface area contributed by atoms with Crippen LogP contribution < -0.4 is 29.3 Å². The molecule has 0 atom stereocenters. The molecule has 45 heavy (non-hydrogen) atoms. The van der Waals surface area contributed by atoms with Crippen LogP contribution in [-0.4, -0.2) is 74.6 Å². The molecular formula is C34H38N6O5. The first-order chi connectivity index (χ1) is 21.9. The van der Waals surface area contributed by atoms with Crippen LogP contribution in [0.5, 0.6) is 17.2 Å². The van der Waals surface area contributed by atoms with Crippen LogP contribution in [0.2, 0.25) is 0 Å². The molecule has 2 amide bonds. The third kappa shape index (κ3) is 6.50. The molecule has 0 unspecified atom stereocenters. The Bertz CT molecular complexity index is 1650. The van der Waals surface area contributed by atoms with Crippen molar-refractivity contribution < 1.29 is 23.7 Å². The SMILES string of the molecule is COc1ccc(N2C(=O)N(c3c(C)cccc3C)Cc3cnc(Nc4cccc(OCCN5CCOCC5)c4)nc32)c(OC)c1. The van der Waals surface area contributed by atoms with Gasteiger partial charge in [-0.15, -0.1) is 0 Å². The Morgan fingerprint density at radius 2 is 1.71 bits per heavy atom. The summed E-state index contributed by atoms with van der Waals surface area (Å²) in [4.78, 5) is 29.6. The molecule has 0 bridgehead atoms. The van der Waals surface area contributed by atoms with Crippen molar-refractivity contribution in [3.8, 4) is 17.2 Å². The number of hydrogen-bond acceptors (Lipinski definition) is 9. The lowest BCUT2D eigenvalue weighted by Crippen LogP contribution is -2.46. The summed E-state index contributed by atoms with van der Waals surface area (Å²) in [5, 5.41) is 3.30. The minimum atomic E-state index is -0.247. The highest BCUT2D eigenvalue weighted by Crippen LogP contribution is 2.42. The third-order valence-corrected chi connectivity index (χ3v) is 8.01. The molecule has 2 aliphatic rings. The van der Waals surface area contributed by atoms with E-state index in [2.05, 4.69) is 15.2 Å². The highest BCUT2D eigenvalue weighted by molar-refractivity contribution is 6.11. The van der Waals surface area contributed by atoms with Crippen LogP contribution in [0.1, 0.15) is 16.7 Å². The van der Waals surface area contributed by atoms with Gasteiger partial charge in [0, 0.05) is 49.2 Å². The van der Waals surface area contributed by atoms with E-state index in [1.807, 2.05) is 56.3 Å². The molecule has 2 aliphatic heterocycles. The number of para-hydroxylation sites is 1. The normalized spacial score (nSPS) is 15.1. The van der Waals surface area contributed by atoms with Gasteiger partial charge in [-0.1, -0.05) is 24.3 Å². The van der Waals surface area contributed by atoms with Crippen molar-refractivity contribution in [1.82, 2.24) is 14.9 Å². The summed E-state index contributed by atoms with van der Waals surface area (Å²) in [5.74, 6) is 2.66. The standard InChI is InChI=1S/C34H38N6O5/c1-23-7-5-8-24(2)31(23)39-22-25-21-35-33(36-26-9-6-10-28(19-26)45-18-15-38-13-16-44-17-14-38)37-32(25)40(34(39)41)29-12-11-27(42-3)20-30(29)43-4/h5-12,19-21H,13-18,22H2,1-4H3,(H,35,36,37). The van der Waals surface area contributed by atoms with Gasteiger partial charge in [-0.3, -0.25) is 9.80 Å². The number of morpholine rings is 1. The number of fused-ring (bicyclic) bond motifs is 1. The maximum Gasteiger partial charge on any atom is 0.335 e. The number of aromatic nitrogens is 2. The smallest absolute Gasteiger partial charge is 0.335 e. The number of methoxy groups -OCH3 is 2. The number of rotatable bonds is 10. The predicted molar refractivity (Wildman–Crippen MR) is 174 cm³/mol. The van der Waals surface area contributed by atoms with E-state index in [9.17, 15) is 4.79 Å². The number of carbonyl (C=O) groups is 1. The number of urea groups is 1. The van der Waals surface area contributed by atoms with Crippen molar-refractivity contribution in [3.05, 3.63) is 83.6 Å². The molecular weight excluding hydrogens is 572 g/mol. The Morgan fingerprint density at radius 3 is 2.47 bits per heavy atom. The summed E-state index contributed by atoms with van der Waals surface area (Å²) in [7, 11) is 3.16. The van der Waals surface area contributed by atoms with Gasteiger partial charge in [0.2, 0.25) is 5.95 Å². The molecule has 1 fully saturated rings. The molecule has 3 heterocycles. The fourth-order valence-corrected chi connectivity index (χ4v) is 5.72. The summed E-state index contributed by atoms with van der Waals surface area (Å²) in [6.45, 7) is 9.12. The number of aryl methyl sites for hydroxylation is 2. The first-order valence-corrected chi connectivity index (χ1v) is 15.0. The van der Waals surface area contributed by atoms with Crippen molar-refractivity contribution in [2.75, 3.05) is 68.8 Å². The second kappa shape index (κ2) is 13.4. The van der Waals surface area contributed by atoms with E-state index in [1.165, 1.54) is 0 Å². The number of anilines is 5. The molecule has 234 valence electrons. The van der Waals surface area contributed by atoms with E-state index in [0.717, 1.165) is 66.7 Å². The minimum absolute atomic E-state index is 0.247. The molecule has 1 aromatic heterocycles. The molecule has 0 aliphatic carbocycles. The van der Waals surface area contributed by atoms with Crippen molar-refractivity contribution in [2.24, 2.45) is 0 Å². The van der Waals surface area contributed by atoms with Crippen molar-refractivity contribution >= 4 is 34.9 Å². The molecule has 3 aromatic carbocycles. The largest absolute Gasteiger partial charge is 0.497 e. The Morgan fingerprint density at radius 1 is 0.933 bits per heavy atom. The summed E-state index contributed by atoms with van der Waals surface area (Å²) >= 11 is 0. The van der Waals surface area contributed by atoms with Crippen LogP contribution in [0.3, 0.4) is 0 Å². The van der Waals surface area contributed by atoms with Gasteiger partial charge in [0.25, 0.3) is 0 Å². The van der Waals surface area contributed by atoms with Crippen LogP contribution in [0.25, 0.3) is 0 Å². The van der Waals surface area contributed by atoms with Crippen LogP contribution in [-0.2, 0) is 11.3 Å². The Kier molecular flexibility index (Phi) is 8.99. The second-order valence-electron chi connectivity index (χ2n) is 11.0. The van der Waals surface area contributed by atoms with Gasteiger partial charge in [-0.2, -0.15) is 4.98 Å². The number of benzene rings is 3. The first-order valence-electron chi connectivity index (χ1n) is 15.0. The summed E-state index contributed by atoms with van der Waals surface area (Å²) in [6, 6.07) is 18.8. The van der Waals surface area contributed by atoms with Crippen LogP contribution in [0.15, 0.2) is 66.9 Å². The van der Waals surface area contributed by atoms with Gasteiger partial charge in [-0.25, -0.2) is 14.7 Å². The van der Waals surface area contributed by atoms with Gasteiger partial charge in [0.15, 0.2) is 5.82 Å². The van der Waals surface area contributed by atoms with E-state index in [-0.39, 0.29) is 6.03 Å². The van der Waals surface area contributed by atoms with Gasteiger partial charge >= 0.3 is 6.03 Å². The van der Waals surface area contributed by atoms with Crippen LogP contribution in [0.4, 0.5) is 33.6 Å². The lowest BCUT2D eigenvalue weighted by molar-refractivity contribution is 0.0322. The number of carbonyl (C=O) groups excluding carboxylic acids is 1.